The van der Waals surface area contributed by atoms with Gasteiger partial charge in [-0.1, -0.05) is 0 Å². The monoisotopic (exact) mass is 297 g/mol. The Hall–Kier alpha value is -1.89. The van der Waals surface area contributed by atoms with Crippen molar-refractivity contribution < 1.29 is 23.1 Å². The molecule has 2 rings (SSSR count). The summed E-state index contributed by atoms with van der Waals surface area (Å²) in [5.41, 5.74) is 0.559. The molecule has 0 spiro atoms. The molecule has 1 fully saturated rings. The number of carboxylic acid groups (broad SMARTS) is 1. The molecule has 0 amide bonds. The second-order valence-electron chi connectivity index (χ2n) is 4.55. The van der Waals surface area contributed by atoms with Crippen molar-refractivity contribution >= 4 is 21.9 Å². The van der Waals surface area contributed by atoms with Gasteiger partial charge in [-0.05, 0) is 25.0 Å². The predicted octanol–water partition coefficient (Wildman–Crippen LogP) is 1.14. The summed E-state index contributed by atoms with van der Waals surface area (Å²) in [6.07, 6.45) is 6.21. The zero-order chi connectivity index (χ0) is 14.6. The molecule has 2 heterocycles. The number of hydrogen-bond donors (Lipinski definition) is 1. The van der Waals surface area contributed by atoms with E-state index >= 15 is 0 Å². The molecule has 0 saturated carbocycles. The Morgan fingerprint density at radius 3 is 2.75 bits per heavy atom. The Morgan fingerprint density at radius 1 is 1.40 bits per heavy atom. The first-order valence-electron chi connectivity index (χ1n) is 6.18. The van der Waals surface area contributed by atoms with E-state index in [2.05, 4.69) is 4.98 Å². The summed E-state index contributed by atoms with van der Waals surface area (Å²) in [6.45, 7) is 0. The maximum atomic E-state index is 11.4. The third kappa shape index (κ3) is 4.06. The SMILES string of the molecule is O=C(O)/C=C/c1cnccc1OC1CCS(=O)(=O)CC1. The second-order valence-corrected chi connectivity index (χ2v) is 6.86. The molecule has 0 bridgehead atoms. The number of rotatable bonds is 4. The first-order chi connectivity index (χ1) is 9.46. The highest BCUT2D eigenvalue weighted by atomic mass is 32.2. The van der Waals surface area contributed by atoms with Crippen molar-refractivity contribution in [2.45, 2.75) is 18.9 Å². The van der Waals surface area contributed by atoms with Crippen LogP contribution >= 0.6 is 0 Å². The maximum absolute atomic E-state index is 11.4. The molecule has 1 aromatic heterocycles. The zero-order valence-corrected chi connectivity index (χ0v) is 11.5. The van der Waals surface area contributed by atoms with E-state index < -0.39 is 15.8 Å². The second kappa shape index (κ2) is 6.04. The lowest BCUT2D eigenvalue weighted by molar-refractivity contribution is -0.131. The van der Waals surface area contributed by atoms with Gasteiger partial charge in [0.1, 0.15) is 11.9 Å². The highest BCUT2D eigenvalue weighted by molar-refractivity contribution is 7.91. The largest absolute Gasteiger partial charge is 0.490 e. The van der Waals surface area contributed by atoms with Gasteiger partial charge < -0.3 is 9.84 Å². The Morgan fingerprint density at radius 2 is 2.10 bits per heavy atom. The summed E-state index contributed by atoms with van der Waals surface area (Å²) < 4.78 is 28.5. The summed E-state index contributed by atoms with van der Waals surface area (Å²) >= 11 is 0. The number of sulfone groups is 1. The number of carbonyl (C=O) groups is 1. The minimum absolute atomic E-state index is 0.128. The van der Waals surface area contributed by atoms with E-state index in [4.69, 9.17) is 9.84 Å². The van der Waals surface area contributed by atoms with Crippen LogP contribution in [0.2, 0.25) is 0 Å². The summed E-state index contributed by atoms with van der Waals surface area (Å²) in [6, 6.07) is 1.64. The van der Waals surface area contributed by atoms with Crippen LogP contribution in [-0.2, 0) is 14.6 Å². The fourth-order valence-corrected chi connectivity index (χ4v) is 3.40. The summed E-state index contributed by atoms with van der Waals surface area (Å²) in [4.78, 5) is 14.5. The van der Waals surface area contributed by atoms with Gasteiger partial charge in [0.05, 0.1) is 11.5 Å². The van der Waals surface area contributed by atoms with Gasteiger partial charge in [-0.3, -0.25) is 4.98 Å². The standard InChI is InChI=1S/C13H15NO5S/c15-13(16)2-1-10-9-14-6-3-12(10)19-11-4-7-20(17,18)8-5-11/h1-3,6,9,11H,4-5,7-8H2,(H,15,16)/b2-1+. The van der Waals surface area contributed by atoms with Gasteiger partial charge >= 0.3 is 5.97 Å². The molecular weight excluding hydrogens is 282 g/mol. The van der Waals surface area contributed by atoms with Crippen LogP contribution < -0.4 is 4.74 Å². The van der Waals surface area contributed by atoms with E-state index in [1.54, 1.807) is 12.3 Å². The summed E-state index contributed by atoms with van der Waals surface area (Å²) in [5, 5.41) is 8.63. The minimum atomic E-state index is -2.92. The fourth-order valence-electron chi connectivity index (χ4n) is 1.95. The number of aromatic nitrogens is 1. The molecule has 1 aliphatic rings. The van der Waals surface area contributed by atoms with E-state index in [0.29, 0.717) is 24.2 Å². The lowest BCUT2D eigenvalue weighted by Crippen LogP contribution is -2.30. The molecule has 7 heteroatoms. The number of pyridine rings is 1. The molecule has 108 valence electrons. The van der Waals surface area contributed by atoms with Crippen LogP contribution in [0.5, 0.6) is 5.75 Å². The van der Waals surface area contributed by atoms with Gasteiger partial charge in [-0.15, -0.1) is 0 Å². The van der Waals surface area contributed by atoms with Crippen LogP contribution in [0.25, 0.3) is 6.08 Å². The lowest BCUT2D eigenvalue weighted by Gasteiger charge is -2.23. The Bertz CT molecular complexity index is 609. The minimum Gasteiger partial charge on any atom is -0.490 e. The van der Waals surface area contributed by atoms with Gasteiger partial charge in [0, 0.05) is 24.0 Å². The quantitative estimate of drug-likeness (QED) is 0.837. The number of hydrogen-bond acceptors (Lipinski definition) is 5. The molecule has 0 unspecified atom stereocenters. The molecule has 0 atom stereocenters. The molecule has 0 radical (unpaired) electrons. The van der Waals surface area contributed by atoms with Crippen molar-refractivity contribution in [2.24, 2.45) is 0 Å². The number of nitrogens with zero attached hydrogens (tertiary/aromatic N) is 1. The smallest absolute Gasteiger partial charge is 0.328 e. The van der Waals surface area contributed by atoms with Crippen LogP contribution in [0.1, 0.15) is 18.4 Å². The molecule has 6 nitrogen and oxygen atoms in total. The number of ether oxygens (including phenoxy) is 1. The predicted molar refractivity (Wildman–Crippen MR) is 73.2 cm³/mol. The number of aliphatic carboxylic acids is 1. The van der Waals surface area contributed by atoms with Crippen LogP contribution in [0.3, 0.4) is 0 Å². The summed E-state index contributed by atoms with van der Waals surface area (Å²) in [5.74, 6) is -0.281. The maximum Gasteiger partial charge on any atom is 0.328 e. The first kappa shape index (κ1) is 14.5. The van der Waals surface area contributed by atoms with Crippen molar-refractivity contribution in [3.05, 3.63) is 30.1 Å². The first-order valence-corrected chi connectivity index (χ1v) is 8.00. The average molecular weight is 297 g/mol. The fraction of sp³-hybridized carbons (Fsp3) is 0.385. The third-order valence-corrected chi connectivity index (χ3v) is 4.73. The Labute approximate surface area is 117 Å². The van der Waals surface area contributed by atoms with Crippen molar-refractivity contribution in [1.29, 1.82) is 0 Å². The topological polar surface area (TPSA) is 93.6 Å². The van der Waals surface area contributed by atoms with E-state index in [9.17, 15) is 13.2 Å². The van der Waals surface area contributed by atoms with Crippen LogP contribution in [0, 0.1) is 0 Å². The van der Waals surface area contributed by atoms with Gasteiger partial charge in [0.25, 0.3) is 0 Å². The van der Waals surface area contributed by atoms with Crippen LogP contribution in [0.4, 0.5) is 0 Å². The lowest BCUT2D eigenvalue weighted by atomic mass is 10.2. The van der Waals surface area contributed by atoms with E-state index in [0.717, 1.165) is 6.08 Å². The van der Waals surface area contributed by atoms with Gasteiger partial charge in [0.15, 0.2) is 9.84 Å². The third-order valence-electron chi connectivity index (χ3n) is 3.01. The van der Waals surface area contributed by atoms with Crippen molar-refractivity contribution in [3.63, 3.8) is 0 Å². The average Bonchev–Trinajstić information content (AvgIpc) is 2.40. The van der Waals surface area contributed by atoms with Gasteiger partial charge in [-0.2, -0.15) is 0 Å². The van der Waals surface area contributed by atoms with Crippen molar-refractivity contribution in [1.82, 2.24) is 4.98 Å². The van der Waals surface area contributed by atoms with Crippen LogP contribution in [-0.4, -0.2) is 42.1 Å². The molecule has 1 aliphatic heterocycles. The Balaban J connectivity index is 2.08. The number of carboxylic acids is 1. The highest BCUT2D eigenvalue weighted by Crippen LogP contribution is 2.24. The Kier molecular flexibility index (Phi) is 4.39. The molecule has 20 heavy (non-hydrogen) atoms. The molecule has 1 aromatic rings. The summed E-state index contributed by atoms with van der Waals surface area (Å²) in [7, 11) is -2.92. The van der Waals surface area contributed by atoms with E-state index in [1.807, 2.05) is 0 Å². The van der Waals surface area contributed by atoms with Crippen molar-refractivity contribution in [2.75, 3.05) is 11.5 Å². The van der Waals surface area contributed by atoms with Crippen molar-refractivity contribution in [3.8, 4) is 5.75 Å². The highest BCUT2D eigenvalue weighted by Gasteiger charge is 2.25. The molecule has 0 aliphatic carbocycles. The normalized spacial score (nSPS) is 19.0. The van der Waals surface area contributed by atoms with Crippen LogP contribution in [0.15, 0.2) is 24.5 Å². The molecule has 1 N–H and O–H groups in total. The van der Waals surface area contributed by atoms with E-state index in [1.165, 1.54) is 12.3 Å². The molecule has 0 aromatic carbocycles. The molecule has 1 saturated heterocycles. The molecular formula is C13H15NO5S. The van der Waals surface area contributed by atoms with Gasteiger partial charge in [-0.25, -0.2) is 13.2 Å². The van der Waals surface area contributed by atoms with E-state index in [-0.39, 0.29) is 17.6 Å². The van der Waals surface area contributed by atoms with Gasteiger partial charge in [0.2, 0.25) is 0 Å². The zero-order valence-electron chi connectivity index (χ0n) is 10.7.